The second-order valence-electron chi connectivity index (χ2n) is 10.7. The summed E-state index contributed by atoms with van der Waals surface area (Å²) in [5.74, 6) is 0. The van der Waals surface area contributed by atoms with Crippen LogP contribution in [0.4, 0.5) is 0 Å². The maximum atomic E-state index is 3.08. The first-order valence-corrected chi connectivity index (χ1v) is 15.8. The smallest absolute Gasteiger partial charge is 0.00307 e. The summed E-state index contributed by atoms with van der Waals surface area (Å²) in [7, 11) is 3.08. The molecule has 0 amide bonds. The normalized spacial score (nSPS) is 11.3. The Morgan fingerprint density at radius 2 is 0.865 bits per heavy atom. The van der Waals surface area contributed by atoms with Crippen LogP contribution < -0.4 is 5.30 Å². The summed E-state index contributed by atoms with van der Waals surface area (Å²) in [6.45, 7) is 14.0. The van der Waals surface area contributed by atoms with Gasteiger partial charge in [0.05, 0.1) is 0 Å². The fourth-order valence-corrected chi connectivity index (χ4v) is 6.69. The third-order valence-electron chi connectivity index (χ3n) is 7.75. The highest BCUT2D eigenvalue weighted by molar-refractivity contribution is 7.28. The summed E-state index contributed by atoms with van der Waals surface area (Å²) in [6.07, 6.45) is 14.2. The van der Waals surface area contributed by atoms with E-state index in [4.69, 9.17) is 0 Å². The van der Waals surface area contributed by atoms with Crippen LogP contribution in [-0.4, -0.2) is 0 Å². The van der Waals surface area contributed by atoms with E-state index in [0.29, 0.717) is 0 Å². The molecule has 0 radical (unpaired) electrons. The highest BCUT2D eigenvalue weighted by atomic mass is 31.0. The molecule has 3 aromatic rings. The molecule has 3 aromatic carbocycles. The van der Waals surface area contributed by atoms with Crippen molar-refractivity contribution in [2.24, 2.45) is 0 Å². The molecule has 0 spiro atoms. The Bertz CT molecular complexity index is 1150. The lowest BCUT2D eigenvalue weighted by Gasteiger charge is -2.24. The molecule has 0 saturated carbocycles. The largest absolute Gasteiger partial charge is 0.105 e. The summed E-state index contributed by atoms with van der Waals surface area (Å²) in [5, 5.41) is 1.32. The third-order valence-corrected chi connectivity index (χ3v) is 8.23. The molecule has 37 heavy (non-hydrogen) atoms. The van der Waals surface area contributed by atoms with Crippen LogP contribution in [0.15, 0.2) is 42.5 Å². The standard InChI is InChI=1S/C36H51P/c1-7-14-26-22-24-32(30(18-11-5)28(26)16-9-3)33-20-13-21-35(37)36(33)34-25-23-27(15-8-2)29(17-10-4)31(34)19-12-6/h13,20-25H,7-12,14-19,37H2,1-6H3. The molecule has 0 saturated heterocycles. The van der Waals surface area contributed by atoms with Crippen molar-refractivity contribution in [2.75, 3.05) is 0 Å². The van der Waals surface area contributed by atoms with Gasteiger partial charge in [-0.05, 0) is 99.5 Å². The fraction of sp³-hybridized carbons (Fsp3) is 0.500. The molecule has 0 aromatic heterocycles. The van der Waals surface area contributed by atoms with Crippen molar-refractivity contribution in [2.45, 2.75) is 119 Å². The van der Waals surface area contributed by atoms with Gasteiger partial charge in [-0.2, -0.15) is 0 Å². The van der Waals surface area contributed by atoms with Crippen LogP contribution in [0.5, 0.6) is 0 Å². The zero-order chi connectivity index (χ0) is 26.8. The molecule has 0 nitrogen and oxygen atoms in total. The van der Waals surface area contributed by atoms with E-state index in [9.17, 15) is 0 Å². The van der Waals surface area contributed by atoms with Crippen LogP contribution in [0.1, 0.15) is 113 Å². The minimum Gasteiger partial charge on any atom is -0.105 e. The molecular weight excluding hydrogens is 463 g/mol. The van der Waals surface area contributed by atoms with Gasteiger partial charge in [-0.3, -0.25) is 0 Å². The van der Waals surface area contributed by atoms with Gasteiger partial charge in [0, 0.05) is 0 Å². The van der Waals surface area contributed by atoms with Crippen molar-refractivity contribution < 1.29 is 0 Å². The van der Waals surface area contributed by atoms with E-state index in [1.54, 1.807) is 33.4 Å². The second kappa shape index (κ2) is 14.9. The molecule has 0 aliphatic heterocycles. The molecule has 0 aliphatic rings. The minimum absolute atomic E-state index is 1.15. The monoisotopic (exact) mass is 514 g/mol. The van der Waals surface area contributed by atoms with E-state index in [1.807, 2.05) is 0 Å². The maximum absolute atomic E-state index is 3.08. The van der Waals surface area contributed by atoms with E-state index in [0.717, 1.165) is 12.8 Å². The molecule has 0 fully saturated rings. The van der Waals surface area contributed by atoms with Crippen molar-refractivity contribution >= 4 is 14.5 Å². The zero-order valence-electron chi connectivity index (χ0n) is 24.6. The SMILES string of the molecule is CCCc1ccc(-c2cccc(P)c2-c2ccc(CCC)c(CCC)c2CCC)c(CCC)c1CCC. The number of aryl methyl sites for hydroxylation is 2. The summed E-state index contributed by atoms with van der Waals surface area (Å²) in [5.41, 5.74) is 15.4. The highest BCUT2D eigenvalue weighted by Crippen LogP contribution is 2.40. The van der Waals surface area contributed by atoms with Crippen molar-refractivity contribution in [1.82, 2.24) is 0 Å². The lowest BCUT2D eigenvalue weighted by molar-refractivity contribution is 0.826. The first-order chi connectivity index (χ1) is 18.1. The first-order valence-electron chi connectivity index (χ1n) is 15.2. The van der Waals surface area contributed by atoms with E-state index in [1.165, 1.54) is 91.8 Å². The molecule has 1 heteroatoms. The Morgan fingerprint density at radius 3 is 1.35 bits per heavy atom. The van der Waals surface area contributed by atoms with Crippen molar-refractivity contribution in [3.8, 4) is 22.3 Å². The Morgan fingerprint density at radius 1 is 0.432 bits per heavy atom. The van der Waals surface area contributed by atoms with Crippen LogP contribution in [0.3, 0.4) is 0 Å². The predicted octanol–water partition coefficient (Wildman–Crippen LogP) is 10.2. The van der Waals surface area contributed by atoms with Gasteiger partial charge in [-0.1, -0.05) is 123 Å². The Balaban J connectivity index is 2.36. The Hall–Kier alpha value is -1.91. The molecule has 0 bridgehead atoms. The van der Waals surface area contributed by atoms with Crippen molar-refractivity contribution in [1.29, 1.82) is 0 Å². The Labute approximate surface area is 230 Å². The zero-order valence-corrected chi connectivity index (χ0v) is 25.8. The minimum atomic E-state index is 1.15. The molecule has 1 atom stereocenters. The average molecular weight is 515 g/mol. The lowest BCUT2D eigenvalue weighted by Crippen LogP contribution is -2.09. The van der Waals surface area contributed by atoms with Crippen molar-refractivity contribution in [3.63, 3.8) is 0 Å². The molecule has 1 unspecified atom stereocenters. The van der Waals surface area contributed by atoms with Gasteiger partial charge in [-0.15, -0.1) is 9.24 Å². The summed E-state index contributed by atoms with van der Waals surface area (Å²) in [6, 6.07) is 16.7. The lowest BCUT2D eigenvalue weighted by atomic mass is 9.81. The van der Waals surface area contributed by atoms with Crippen LogP contribution in [0.2, 0.25) is 0 Å². The Kier molecular flexibility index (Phi) is 11.9. The molecule has 0 N–H and O–H groups in total. The van der Waals surface area contributed by atoms with E-state index < -0.39 is 0 Å². The summed E-state index contributed by atoms with van der Waals surface area (Å²) < 4.78 is 0. The van der Waals surface area contributed by atoms with Crippen LogP contribution in [0, 0.1) is 0 Å². The maximum Gasteiger partial charge on any atom is -0.00307 e. The first kappa shape index (κ1) is 29.6. The van der Waals surface area contributed by atoms with Crippen LogP contribution in [0.25, 0.3) is 22.3 Å². The van der Waals surface area contributed by atoms with Crippen LogP contribution >= 0.6 is 9.24 Å². The van der Waals surface area contributed by atoms with Gasteiger partial charge >= 0.3 is 0 Å². The molecule has 3 rings (SSSR count). The highest BCUT2D eigenvalue weighted by Gasteiger charge is 2.21. The number of hydrogen-bond acceptors (Lipinski definition) is 0. The van der Waals surface area contributed by atoms with Crippen LogP contribution in [-0.2, 0) is 38.5 Å². The number of benzene rings is 3. The quantitative estimate of drug-likeness (QED) is 0.188. The van der Waals surface area contributed by atoms with Gasteiger partial charge in [0.2, 0.25) is 0 Å². The van der Waals surface area contributed by atoms with Gasteiger partial charge in [-0.25, -0.2) is 0 Å². The van der Waals surface area contributed by atoms with Gasteiger partial charge in [0.15, 0.2) is 0 Å². The molecular formula is C36H51P. The van der Waals surface area contributed by atoms with Gasteiger partial charge < -0.3 is 0 Å². The average Bonchev–Trinajstić information content (AvgIpc) is 2.89. The summed E-state index contributed by atoms with van der Waals surface area (Å²) in [4.78, 5) is 0. The predicted molar refractivity (Wildman–Crippen MR) is 171 cm³/mol. The van der Waals surface area contributed by atoms with E-state index >= 15 is 0 Å². The number of rotatable bonds is 14. The van der Waals surface area contributed by atoms with Gasteiger partial charge in [0.25, 0.3) is 0 Å². The van der Waals surface area contributed by atoms with E-state index in [-0.39, 0.29) is 0 Å². The van der Waals surface area contributed by atoms with Gasteiger partial charge in [0.1, 0.15) is 0 Å². The summed E-state index contributed by atoms with van der Waals surface area (Å²) >= 11 is 0. The molecule has 0 heterocycles. The van der Waals surface area contributed by atoms with Crippen molar-refractivity contribution in [3.05, 3.63) is 75.8 Å². The topological polar surface area (TPSA) is 0 Å². The fourth-order valence-electron chi connectivity index (χ4n) is 6.27. The molecule has 200 valence electrons. The number of hydrogen-bond donors (Lipinski definition) is 0. The molecule has 0 aliphatic carbocycles. The second-order valence-corrected chi connectivity index (χ2v) is 11.4. The van der Waals surface area contributed by atoms with E-state index in [2.05, 4.69) is 93.2 Å². The third kappa shape index (κ3) is 6.75.